The number of anilines is 1. The van der Waals surface area contributed by atoms with Crippen molar-refractivity contribution < 1.29 is 23.7 Å². The molecular formula is C30H32ClN3O5. The molecule has 0 saturated carbocycles. The minimum atomic E-state index is -0.321. The normalized spacial score (nSPS) is 10.7. The van der Waals surface area contributed by atoms with Crippen LogP contribution in [0, 0.1) is 13.8 Å². The minimum absolute atomic E-state index is 0.167. The fourth-order valence-electron chi connectivity index (χ4n) is 3.87. The molecule has 39 heavy (non-hydrogen) atoms. The largest absolute Gasteiger partial charge is 0.490 e. The molecular weight excluding hydrogens is 518 g/mol. The monoisotopic (exact) mass is 549 g/mol. The van der Waals surface area contributed by atoms with Crippen molar-refractivity contribution in [1.82, 2.24) is 9.78 Å². The average molecular weight is 550 g/mol. The Hall–Kier alpha value is -4.17. The van der Waals surface area contributed by atoms with Gasteiger partial charge in [-0.05, 0) is 99.0 Å². The number of carbonyl (C=O) groups excluding carboxylic acids is 1. The number of nitrogens with one attached hydrogen (secondary N) is 1. The van der Waals surface area contributed by atoms with Gasteiger partial charge in [0.1, 0.15) is 18.1 Å². The zero-order valence-corrected chi connectivity index (χ0v) is 23.2. The van der Waals surface area contributed by atoms with Crippen LogP contribution >= 0.6 is 11.6 Å². The van der Waals surface area contributed by atoms with Crippen LogP contribution in [0.15, 0.2) is 66.9 Å². The molecule has 0 aliphatic carbocycles. The van der Waals surface area contributed by atoms with Gasteiger partial charge in [0.2, 0.25) is 0 Å². The van der Waals surface area contributed by atoms with Gasteiger partial charge >= 0.3 is 0 Å². The van der Waals surface area contributed by atoms with Crippen LogP contribution in [0.25, 0.3) is 0 Å². The molecule has 1 heterocycles. The van der Waals surface area contributed by atoms with Gasteiger partial charge in [0.05, 0.1) is 13.2 Å². The highest BCUT2D eigenvalue weighted by atomic mass is 35.5. The first-order chi connectivity index (χ1) is 18.9. The van der Waals surface area contributed by atoms with E-state index in [1.807, 2.05) is 58.0 Å². The molecule has 1 amide bonds. The standard InChI is InChI=1S/C30H32ClN3O5/c1-5-36-27-12-7-22(17-28(27)37-6-2)18-38-24-10-8-23(9-11-24)32-30(35)26-13-14-34(33-26)19-39-25-15-20(3)29(31)21(4)16-25/h7-17H,5-6,18-19H2,1-4H3,(H,32,35). The fourth-order valence-corrected chi connectivity index (χ4v) is 3.98. The van der Waals surface area contributed by atoms with Crippen molar-refractivity contribution in [2.75, 3.05) is 18.5 Å². The lowest BCUT2D eigenvalue weighted by molar-refractivity contribution is 0.102. The zero-order chi connectivity index (χ0) is 27.8. The molecule has 204 valence electrons. The van der Waals surface area contributed by atoms with E-state index in [4.69, 9.17) is 30.5 Å². The summed E-state index contributed by atoms with van der Waals surface area (Å²) >= 11 is 6.22. The van der Waals surface area contributed by atoms with E-state index < -0.39 is 0 Å². The number of hydrogen-bond donors (Lipinski definition) is 1. The Morgan fingerprint density at radius 2 is 1.54 bits per heavy atom. The summed E-state index contributed by atoms with van der Waals surface area (Å²) in [6.45, 7) is 9.38. The highest BCUT2D eigenvalue weighted by Gasteiger charge is 2.11. The van der Waals surface area contributed by atoms with E-state index in [1.165, 1.54) is 0 Å². The molecule has 9 heteroatoms. The highest BCUT2D eigenvalue weighted by molar-refractivity contribution is 6.32. The molecule has 0 fully saturated rings. The first-order valence-electron chi connectivity index (χ1n) is 12.7. The summed E-state index contributed by atoms with van der Waals surface area (Å²) in [6, 6.07) is 18.3. The predicted octanol–water partition coefficient (Wildman–Crippen LogP) is 6.82. The minimum Gasteiger partial charge on any atom is -0.490 e. The van der Waals surface area contributed by atoms with Crippen LogP contribution in [0.1, 0.15) is 41.0 Å². The van der Waals surface area contributed by atoms with Crippen LogP contribution in [0.4, 0.5) is 5.69 Å². The molecule has 0 aliphatic heterocycles. The summed E-state index contributed by atoms with van der Waals surface area (Å²) in [5, 5.41) is 7.89. The Morgan fingerprint density at radius 3 is 2.23 bits per heavy atom. The van der Waals surface area contributed by atoms with Gasteiger partial charge in [0.15, 0.2) is 23.9 Å². The molecule has 0 atom stereocenters. The van der Waals surface area contributed by atoms with E-state index in [-0.39, 0.29) is 18.3 Å². The maximum absolute atomic E-state index is 12.7. The number of hydrogen-bond acceptors (Lipinski definition) is 6. The Labute approximate surface area is 233 Å². The van der Waals surface area contributed by atoms with Gasteiger partial charge in [-0.2, -0.15) is 5.10 Å². The third-order valence-electron chi connectivity index (χ3n) is 5.77. The number of halogens is 1. The lowest BCUT2D eigenvalue weighted by Crippen LogP contribution is -2.14. The van der Waals surface area contributed by atoms with Crippen molar-refractivity contribution in [2.24, 2.45) is 0 Å². The van der Waals surface area contributed by atoms with Crippen molar-refractivity contribution in [3.8, 4) is 23.0 Å². The van der Waals surface area contributed by atoms with Crippen LogP contribution in [0.2, 0.25) is 5.02 Å². The van der Waals surface area contributed by atoms with Crippen molar-refractivity contribution >= 4 is 23.2 Å². The third kappa shape index (κ3) is 7.45. The fraction of sp³-hybridized carbons (Fsp3) is 0.267. The lowest BCUT2D eigenvalue weighted by atomic mass is 10.1. The van der Waals surface area contributed by atoms with Crippen molar-refractivity contribution in [1.29, 1.82) is 0 Å². The van der Waals surface area contributed by atoms with Crippen LogP contribution < -0.4 is 24.3 Å². The van der Waals surface area contributed by atoms with Gasteiger partial charge in [-0.15, -0.1) is 0 Å². The maximum Gasteiger partial charge on any atom is 0.276 e. The molecule has 0 saturated heterocycles. The second kappa shape index (κ2) is 13.1. The van der Waals surface area contributed by atoms with E-state index in [1.54, 1.807) is 41.2 Å². The van der Waals surface area contributed by atoms with Crippen molar-refractivity contribution in [2.45, 2.75) is 41.0 Å². The van der Waals surface area contributed by atoms with Crippen molar-refractivity contribution in [3.63, 3.8) is 0 Å². The number of nitrogens with zero attached hydrogens (tertiary/aromatic N) is 2. The van der Waals surface area contributed by atoms with Gasteiger partial charge in [-0.25, -0.2) is 4.68 Å². The SMILES string of the molecule is CCOc1ccc(COc2ccc(NC(=O)c3ccn(COc4cc(C)c(Cl)c(C)c4)n3)cc2)cc1OCC. The molecule has 1 aromatic heterocycles. The lowest BCUT2D eigenvalue weighted by Gasteiger charge is -2.13. The van der Waals surface area contributed by atoms with E-state index >= 15 is 0 Å². The first kappa shape index (κ1) is 27.9. The van der Waals surface area contributed by atoms with Gasteiger partial charge in [-0.1, -0.05) is 17.7 Å². The summed E-state index contributed by atoms with van der Waals surface area (Å²) < 4.78 is 24.6. The highest BCUT2D eigenvalue weighted by Crippen LogP contribution is 2.29. The maximum atomic E-state index is 12.7. The smallest absolute Gasteiger partial charge is 0.276 e. The Kier molecular flexibility index (Phi) is 9.33. The molecule has 4 aromatic rings. The number of benzene rings is 3. The average Bonchev–Trinajstić information content (AvgIpc) is 3.41. The van der Waals surface area contributed by atoms with Crippen molar-refractivity contribution in [3.05, 3.63) is 94.3 Å². The molecule has 1 N–H and O–H groups in total. The molecule has 0 spiro atoms. The second-order valence-electron chi connectivity index (χ2n) is 8.80. The first-order valence-corrected chi connectivity index (χ1v) is 13.1. The van der Waals surface area contributed by atoms with E-state index in [0.29, 0.717) is 48.5 Å². The Bertz CT molecular complexity index is 1400. The molecule has 4 rings (SSSR count). The molecule has 0 unspecified atom stereocenters. The number of ether oxygens (including phenoxy) is 4. The van der Waals surface area contributed by atoms with Crippen LogP contribution in [0.5, 0.6) is 23.0 Å². The molecule has 0 bridgehead atoms. The van der Waals surface area contributed by atoms with Crippen LogP contribution in [0.3, 0.4) is 0 Å². The predicted molar refractivity (Wildman–Crippen MR) is 151 cm³/mol. The quantitative estimate of drug-likeness (QED) is 0.209. The Morgan fingerprint density at radius 1 is 0.846 bits per heavy atom. The molecule has 8 nitrogen and oxygen atoms in total. The summed E-state index contributed by atoms with van der Waals surface area (Å²) in [5.74, 6) is 2.46. The van der Waals surface area contributed by atoms with Gasteiger partial charge in [-0.3, -0.25) is 4.79 Å². The summed E-state index contributed by atoms with van der Waals surface area (Å²) in [6.07, 6.45) is 1.69. The molecule has 0 radical (unpaired) electrons. The summed E-state index contributed by atoms with van der Waals surface area (Å²) in [7, 11) is 0. The number of carbonyl (C=O) groups is 1. The number of aromatic nitrogens is 2. The van der Waals surface area contributed by atoms with Crippen LogP contribution in [-0.2, 0) is 13.3 Å². The molecule has 0 aliphatic rings. The topological polar surface area (TPSA) is 83.8 Å². The number of amides is 1. The molecule has 3 aromatic carbocycles. The van der Waals surface area contributed by atoms with E-state index in [0.717, 1.165) is 21.7 Å². The third-order valence-corrected chi connectivity index (χ3v) is 6.37. The summed E-state index contributed by atoms with van der Waals surface area (Å²) in [5.41, 5.74) is 3.75. The van der Waals surface area contributed by atoms with Gasteiger partial charge in [0.25, 0.3) is 5.91 Å². The van der Waals surface area contributed by atoms with Gasteiger partial charge in [0, 0.05) is 16.9 Å². The zero-order valence-electron chi connectivity index (χ0n) is 22.5. The second-order valence-corrected chi connectivity index (χ2v) is 9.18. The number of rotatable bonds is 12. The Balaban J connectivity index is 1.29. The summed E-state index contributed by atoms with van der Waals surface area (Å²) in [4.78, 5) is 12.7. The van der Waals surface area contributed by atoms with Gasteiger partial charge < -0.3 is 24.3 Å². The van der Waals surface area contributed by atoms with Crippen LogP contribution in [-0.4, -0.2) is 28.9 Å². The number of aryl methyl sites for hydroxylation is 2. The van der Waals surface area contributed by atoms with E-state index in [9.17, 15) is 4.79 Å². The van der Waals surface area contributed by atoms with E-state index in [2.05, 4.69) is 10.4 Å².